The summed E-state index contributed by atoms with van der Waals surface area (Å²) in [5.74, 6) is 4.95. The first-order valence-corrected chi connectivity index (χ1v) is 6.14. The lowest BCUT2D eigenvalue weighted by Gasteiger charge is -2.03. The molecule has 0 heterocycles. The fourth-order valence-electron chi connectivity index (χ4n) is 1.61. The van der Waals surface area contributed by atoms with Crippen LogP contribution in [0.5, 0.6) is 0 Å². The summed E-state index contributed by atoms with van der Waals surface area (Å²) in [6.45, 7) is 0. The normalized spacial score (nSPS) is 9.25. The molecular formula is C16H15N3O. The Balaban J connectivity index is 2.05. The number of hydrogen-bond donors (Lipinski definition) is 3. The van der Waals surface area contributed by atoms with Gasteiger partial charge in [0.25, 0.3) is 0 Å². The SMILES string of the molecule is CNc1ccc(C#CC(=O)Nc2ccccc2N)cc1. The second kappa shape index (κ2) is 6.30. The zero-order chi connectivity index (χ0) is 14.4. The van der Waals surface area contributed by atoms with E-state index >= 15 is 0 Å². The van der Waals surface area contributed by atoms with Gasteiger partial charge in [0.1, 0.15) is 0 Å². The first-order chi connectivity index (χ1) is 9.69. The summed E-state index contributed by atoms with van der Waals surface area (Å²) in [6.07, 6.45) is 0. The van der Waals surface area contributed by atoms with Crippen LogP contribution < -0.4 is 16.4 Å². The molecule has 0 saturated carbocycles. The Kier molecular flexibility index (Phi) is 4.25. The Hall–Kier alpha value is -2.93. The third-order valence-electron chi connectivity index (χ3n) is 2.70. The van der Waals surface area contributed by atoms with Gasteiger partial charge in [0.05, 0.1) is 11.4 Å². The maximum Gasteiger partial charge on any atom is 0.300 e. The van der Waals surface area contributed by atoms with Gasteiger partial charge in [-0.1, -0.05) is 18.1 Å². The van der Waals surface area contributed by atoms with Crippen LogP contribution in [0, 0.1) is 11.8 Å². The number of hydrogen-bond acceptors (Lipinski definition) is 3. The molecule has 2 rings (SSSR count). The molecule has 1 amide bonds. The predicted molar refractivity (Wildman–Crippen MR) is 82.4 cm³/mol. The number of benzene rings is 2. The second-order valence-electron chi connectivity index (χ2n) is 4.12. The molecule has 0 aromatic heterocycles. The van der Waals surface area contributed by atoms with E-state index in [0.29, 0.717) is 11.4 Å². The number of amides is 1. The van der Waals surface area contributed by atoms with E-state index in [4.69, 9.17) is 5.73 Å². The molecule has 0 unspecified atom stereocenters. The Labute approximate surface area is 118 Å². The molecular weight excluding hydrogens is 250 g/mol. The lowest BCUT2D eigenvalue weighted by Crippen LogP contribution is -2.10. The standard InChI is InChI=1S/C16H15N3O/c1-18-13-9-6-12(7-10-13)8-11-16(20)19-15-5-3-2-4-14(15)17/h2-7,9-10,18H,17H2,1H3,(H,19,20). The first kappa shape index (κ1) is 13.5. The van der Waals surface area contributed by atoms with Crippen molar-refractivity contribution < 1.29 is 4.79 Å². The molecule has 4 N–H and O–H groups in total. The van der Waals surface area contributed by atoms with Gasteiger partial charge in [-0.15, -0.1) is 0 Å². The van der Waals surface area contributed by atoms with Crippen molar-refractivity contribution in [3.8, 4) is 11.8 Å². The molecule has 0 atom stereocenters. The maximum atomic E-state index is 11.7. The molecule has 0 aliphatic carbocycles. The summed E-state index contributed by atoms with van der Waals surface area (Å²) in [7, 11) is 1.85. The Bertz CT molecular complexity index is 666. The van der Waals surface area contributed by atoms with E-state index in [1.54, 1.807) is 24.3 Å². The maximum absolute atomic E-state index is 11.7. The molecule has 0 aliphatic rings. The molecule has 2 aromatic carbocycles. The van der Waals surface area contributed by atoms with Crippen LogP contribution >= 0.6 is 0 Å². The van der Waals surface area contributed by atoms with Crippen LogP contribution in [-0.2, 0) is 4.79 Å². The third kappa shape index (κ3) is 3.53. The zero-order valence-corrected chi connectivity index (χ0v) is 11.1. The van der Waals surface area contributed by atoms with Gasteiger partial charge in [0.2, 0.25) is 0 Å². The van der Waals surface area contributed by atoms with Gasteiger partial charge in [-0.3, -0.25) is 4.79 Å². The fraction of sp³-hybridized carbons (Fsp3) is 0.0625. The van der Waals surface area contributed by atoms with E-state index in [2.05, 4.69) is 22.5 Å². The van der Waals surface area contributed by atoms with E-state index in [1.165, 1.54) is 0 Å². The highest BCUT2D eigenvalue weighted by Gasteiger charge is 2.00. The van der Waals surface area contributed by atoms with Crippen LogP contribution in [0.2, 0.25) is 0 Å². The monoisotopic (exact) mass is 265 g/mol. The van der Waals surface area contributed by atoms with Crippen LogP contribution in [0.4, 0.5) is 17.1 Å². The van der Waals surface area contributed by atoms with Crippen molar-refractivity contribution in [1.29, 1.82) is 0 Å². The Morgan fingerprint density at radius 1 is 1.10 bits per heavy atom. The van der Waals surface area contributed by atoms with Crippen LogP contribution in [0.1, 0.15) is 5.56 Å². The first-order valence-electron chi connectivity index (χ1n) is 6.14. The Morgan fingerprint density at radius 2 is 1.80 bits per heavy atom. The summed E-state index contributed by atoms with van der Waals surface area (Å²) in [6, 6.07) is 14.6. The highest BCUT2D eigenvalue weighted by molar-refractivity contribution is 6.05. The van der Waals surface area contributed by atoms with E-state index in [1.807, 2.05) is 31.3 Å². The highest BCUT2D eigenvalue weighted by Crippen LogP contribution is 2.16. The third-order valence-corrected chi connectivity index (χ3v) is 2.70. The minimum absolute atomic E-state index is 0.388. The summed E-state index contributed by atoms with van der Waals surface area (Å²) in [4.78, 5) is 11.7. The van der Waals surface area contributed by atoms with Crippen molar-refractivity contribution in [2.45, 2.75) is 0 Å². The summed E-state index contributed by atoms with van der Waals surface area (Å²) >= 11 is 0. The minimum Gasteiger partial charge on any atom is -0.397 e. The van der Waals surface area contributed by atoms with Gasteiger partial charge < -0.3 is 16.4 Å². The van der Waals surface area contributed by atoms with Crippen LogP contribution in [0.25, 0.3) is 0 Å². The van der Waals surface area contributed by atoms with Crippen molar-refractivity contribution >= 4 is 23.0 Å². The van der Waals surface area contributed by atoms with Crippen LogP contribution in [0.3, 0.4) is 0 Å². The quantitative estimate of drug-likeness (QED) is 0.576. The molecule has 4 nitrogen and oxygen atoms in total. The van der Waals surface area contributed by atoms with Gasteiger partial charge in [0.15, 0.2) is 0 Å². The number of rotatable bonds is 2. The number of nitrogen functional groups attached to an aromatic ring is 1. The zero-order valence-electron chi connectivity index (χ0n) is 11.1. The van der Waals surface area contributed by atoms with Crippen molar-refractivity contribution in [3.05, 3.63) is 54.1 Å². The largest absolute Gasteiger partial charge is 0.397 e. The topological polar surface area (TPSA) is 67.2 Å². The van der Waals surface area contributed by atoms with Crippen molar-refractivity contribution in [2.75, 3.05) is 23.4 Å². The number of carbonyl (C=O) groups is 1. The highest BCUT2D eigenvalue weighted by atomic mass is 16.1. The molecule has 0 aliphatic heterocycles. The van der Waals surface area contributed by atoms with Crippen LogP contribution in [-0.4, -0.2) is 13.0 Å². The van der Waals surface area contributed by atoms with Crippen molar-refractivity contribution in [3.63, 3.8) is 0 Å². The van der Waals surface area contributed by atoms with E-state index in [-0.39, 0.29) is 5.91 Å². The lowest BCUT2D eigenvalue weighted by atomic mass is 10.2. The van der Waals surface area contributed by atoms with Gasteiger partial charge >= 0.3 is 5.91 Å². The van der Waals surface area contributed by atoms with E-state index in [0.717, 1.165) is 11.3 Å². The van der Waals surface area contributed by atoms with Gasteiger partial charge in [-0.05, 0) is 36.4 Å². The summed E-state index contributed by atoms with van der Waals surface area (Å²) in [5.41, 5.74) is 8.60. The molecule has 2 aromatic rings. The second-order valence-corrected chi connectivity index (χ2v) is 4.12. The number of nitrogens with two attached hydrogens (primary N) is 1. The van der Waals surface area contributed by atoms with Crippen molar-refractivity contribution in [2.24, 2.45) is 0 Å². The average Bonchev–Trinajstić information content (AvgIpc) is 2.48. The van der Waals surface area contributed by atoms with Gasteiger partial charge in [0, 0.05) is 24.2 Å². The molecule has 0 bridgehead atoms. The smallest absolute Gasteiger partial charge is 0.300 e. The molecule has 20 heavy (non-hydrogen) atoms. The number of para-hydroxylation sites is 2. The minimum atomic E-state index is -0.388. The predicted octanol–water partition coefficient (Wildman–Crippen LogP) is 2.30. The number of nitrogens with one attached hydrogen (secondary N) is 2. The Morgan fingerprint density at radius 3 is 2.45 bits per heavy atom. The van der Waals surface area contributed by atoms with E-state index in [9.17, 15) is 4.79 Å². The van der Waals surface area contributed by atoms with Gasteiger partial charge in [-0.25, -0.2) is 0 Å². The molecule has 0 spiro atoms. The summed E-state index contributed by atoms with van der Waals surface area (Å²) in [5, 5.41) is 5.67. The van der Waals surface area contributed by atoms with Crippen LogP contribution in [0.15, 0.2) is 48.5 Å². The average molecular weight is 265 g/mol. The summed E-state index contributed by atoms with van der Waals surface area (Å²) < 4.78 is 0. The van der Waals surface area contributed by atoms with Gasteiger partial charge in [-0.2, -0.15) is 0 Å². The number of carbonyl (C=O) groups excluding carboxylic acids is 1. The lowest BCUT2D eigenvalue weighted by molar-refractivity contribution is -0.111. The van der Waals surface area contributed by atoms with E-state index < -0.39 is 0 Å². The molecule has 100 valence electrons. The molecule has 0 fully saturated rings. The number of anilines is 3. The fourth-order valence-corrected chi connectivity index (χ4v) is 1.61. The molecule has 0 radical (unpaired) electrons. The molecule has 4 heteroatoms. The molecule has 0 saturated heterocycles. The van der Waals surface area contributed by atoms with Crippen molar-refractivity contribution in [1.82, 2.24) is 0 Å².